The van der Waals surface area contributed by atoms with E-state index in [0.29, 0.717) is 23.6 Å². The Morgan fingerprint density at radius 2 is 2.17 bits per heavy atom. The van der Waals surface area contributed by atoms with Gasteiger partial charge in [-0.3, -0.25) is 4.98 Å². The van der Waals surface area contributed by atoms with Crippen molar-refractivity contribution in [1.82, 2.24) is 15.0 Å². The van der Waals surface area contributed by atoms with Gasteiger partial charge in [0.25, 0.3) is 0 Å². The first-order valence-corrected chi connectivity index (χ1v) is 5.73. The van der Waals surface area contributed by atoms with Crippen molar-refractivity contribution in [3.05, 3.63) is 41.9 Å². The quantitative estimate of drug-likeness (QED) is 0.890. The maximum atomic E-state index is 11.0. The highest BCUT2D eigenvalue weighted by Gasteiger charge is 2.13. The first-order valence-electron chi connectivity index (χ1n) is 5.73. The summed E-state index contributed by atoms with van der Waals surface area (Å²) in [5.74, 6) is -0.532. The fourth-order valence-electron chi connectivity index (χ4n) is 1.64. The molecule has 0 unspecified atom stereocenters. The van der Waals surface area contributed by atoms with Gasteiger partial charge in [-0.05, 0) is 18.6 Å². The van der Waals surface area contributed by atoms with Crippen molar-refractivity contribution in [3.8, 4) is 11.5 Å². The summed E-state index contributed by atoms with van der Waals surface area (Å²) in [4.78, 5) is 23.6. The summed E-state index contributed by atoms with van der Waals surface area (Å²) in [5.41, 5.74) is 1.36. The zero-order chi connectivity index (χ0) is 13.0. The SMILES string of the molecule is CCCc1nc(-c2ccccn2)ncc1C(=O)O. The molecule has 0 bridgehead atoms. The summed E-state index contributed by atoms with van der Waals surface area (Å²) in [6.07, 6.45) is 4.45. The molecule has 0 saturated heterocycles. The highest BCUT2D eigenvalue weighted by molar-refractivity contribution is 5.88. The van der Waals surface area contributed by atoms with Crippen LogP contribution in [0.25, 0.3) is 11.5 Å². The molecule has 0 aliphatic heterocycles. The lowest BCUT2D eigenvalue weighted by Gasteiger charge is -2.05. The third-order valence-electron chi connectivity index (χ3n) is 2.48. The molecular formula is C13H13N3O2. The first kappa shape index (κ1) is 12.2. The Morgan fingerprint density at radius 1 is 1.33 bits per heavy atom. The zero-order valence-corrected chi connectivity index (χ0v) is 10.00. The van der Waals surface area contributed by atoms with Gasteiger partial charge in [-0.2, -0.15) is 0 Å². The molecule has 2 heterocycles. The Bertz CT molecular complexity index is 555. The number of hydrogen-bond donors (Lipinski definition) is 1. The van der Waals surface area contributed by atoms with Crippen molar-refractivity contribution in [1.29, 1.82) is 0 Å². The van der Waals surface area contributed by atoms with Gasteiger partial charge in [0.15, 0.2) is 5.82 Å². The number of nitrogens with zero attached hydrogens (tertiary/aromatic N) is 3. The van der Waals surface area contributed by atoms with E-state index in [4.69, 9.17) is 5.11 Å². The molecule has 0 atom stereocenters. The average molecular weight is 243 g/mol. The molecule has 5 heteroatoms. The molecule has 5 nitrogen and oxygen atoms in total. The van der Waals surface area contributed by atoms with Crippen molar-refractivity contribution in [3.63, 3.8) is 0 Å². The number of carboxylic acid groups (broad SMARTS) is 1. The Hall–Kier alpha value is -2.30. The summed E-state index contributed by atoms with van der Waals surface area (Å²) in [6, 6.07) is 5.45. The molecule has 0 fully saturated rings. The van der Waals surface area contributed by atoms with E-state index < -0.39 is 5.97 Å². The molecule has 92 valence electrons. The lowest BCUT2D eigenvalue weighted by Crippen LogP contribution is -2.07. The number of carbonyl (C=O) groups is 1. The highest BCUT2D eigenvalue weighted by atomic mass is 16.4. The standard InChI is InChI=1S/C13H13N3O2/c1-2-5-10-9(13(17)18)8-15-12(16-10)11-6-3-4-7-14-11/h3-4,6-8H,2,5H2,1H3,(H,17,18). The third kappa shape index (κ3) is 2.51. The largest absolute Gasteiger partial charge is 0.478 e. The van der Waals surface area contributed by atoms with Crippen LogP contribution in [0.1, 0.15) is 29.4 Å². The predicted octanol–water partition coefficient (Wildman–Crippen LogP) is 2.19. The molecule has 0 amide bonds. The number of pyridine rings is 1. The second-order valence-corrected chi connectivity index (χ2v) is 3.82. The van der Waals surface area contributed by atoms with Gasteiger partial charge in [-0.15, -0.1) is 0 Å². The number of rotatable bonds is 4. The fourth-order valence-corrected chi connectivity index (χ4v) is 1.64. The molecule has 2 aromatic rings. The Kier molecular flexibility index (Phi) is 3.62. The zero-order valence-electron chi connectivity index (χ0n) is 10.00. The molecule has 0 spiro atoms. The number of aryl methyl sites for hydroxylation is 1. The number of aromatic carboxylic acids is 1. The Balaban J connectivity index is 2.46. The highest BCUT2D eigenvalue weighted by Crippen LogP contribution is 2.15. The molecule has 0 saturated carbocycles. The summed E-state index contributed by atoms with van der Waals surface area (Å²) in [5, 5.41) is 9.06. The molecule has 0 aliphatic carbocycles. The fraction of sp³-hybridized carbons (Fsp3) is 0.231. The Labute approximate surface area is 105 Å². The maximum absolute atomic E-state index is 11.0. The lowest BCUT2D eigenvalue weighted by molar-refractivity contribution is 0.0694. The van der Waals surface area contributed by atoms with Crippen molar-refractivity contribution in [2.45, 2.75) is 19.8 Å². The first-order chi connectivity index (χ1) is 8.72. The monoisotopic (exact) mass is 243 g/mol. The molecule has 1 N–H and O–H groups in total. The van der Waals surface area contributed by atoms with Crippen LogP contribution in [0.2, 0.25) is 0 Å². The van der Waals surface area contributed by atoms with Crippen molar-refractivity contribution >= 4 is 5.97 Å². The van der Waals surface area contributed by atoms with Crippen LogP contribution in [-0.4, -0.2) is 26.0 Å². The summed E-state index contributed by atoms with van der Waals surface area (Å²) < 4.78 is 0. The van der Waals surface area contributed by atoms with Gasteiger partial charge in [0.05, 0.1) is 11.3 Å². The van der Waals surface area contributed by atoms with E-state index in [1.54, 1.807) is 12.3 Å². The molecule has 2 rings (SSSR count). The van der Waals surface area contributed by atoms with Gasteiger partial charge in [0.1, 0.15) is 5.69 Å². The maximum Gasteiger partial charge on any atom is 0.339 e. The Morgan fingerprint density at radius 3 is 2.78 bits per heavy atom. The third-order valence-corrected chi connectivity index (χ3v) is 2.48. The van der Waals surface area contributed by atoms with Crippen LogP contribution < -0.4 is 0 Å². The van der Waals surface area contributed by atoms with Gasteiger partial charge in [-0.25, -0.2) is 14.8 Å². The topological polar surface area (TPSA) is 76.0 Å². The summed E-state index contributed by atoms with van der Waals surface area (Å²) in [7, 11) is 0. The normalized spacial score (nSPS) is 10.3. The van der Waals surface area contributed by atoms with Crippen molar-refractivity contribution in [2.24, 2.45) is 0 Å². The van der Waals surface area contributed by atoms with Gasteiger partial charge in [0, 0.05) is 12.4 Å². The molecule has 0 aliphatic rings. The van der Waals surface area contributed by atoms with Gasteiger partial charge >= 0.3 is 5.97 Å². The molecule has 0 radical (unpaired) electrons. The van der Waals surface area contributed by atoms with Crippen LogP contribution in [0, 0.1) is 0 Å². The minimum absolute atomic E-state index is 0.163. The van der Waals surface area contributed by atoms with Crippen LogP contribution in [0.15, 0.2) is 30.6 Å². The van der Waals surface area contributed by atoms with Gasteiger partial charge < -0.3 is 5.11 Å². The molecule has 2 aromatic heterocycles. The van der Waals surface area contributed by atoms with Crippen LogP contribution in [0.3, 0.4) is 0 Å². The summed E-state index contributed by atoms with van der Waals surface area (Å²) in [6.45, 7) is 1.98. The summed E-state index contributed by atoms with van der Waals surface area (Å²) >= 11 is 0. The second-order valence-electron chi connectivity index (χ2n) is 3.82. The predicted molar refractivity (Wildman–Crippen MR) is 66.2 cm³/mol. The van der Waals surface area contributed by atoms with E-state index in [2.05, 4.69) is 15.0 Å². The van der Waals surface area contributed by atoms with E-state index >= 15 is 0 Å². The van der Waals surface area contributed by atoms with E-state index in [9.17, 15) is 4.79 Å². The van der Waals surface area contributed by atoms with E-state index in [-0.39, 0.29) is 5.56 Å². The number of hydrogen-bond acceptors (Lipinski definition) is 4. The van der Waals surface area contributed by atoms with Crippen molar-refractivity contribution < 1.29 is 9.90 Å². The van der Waals surface area contributed by atoms with E-state index in [1.165, 1.54) is 6.20 Å². The van der Waals surface area contributed by atoms with Crippen LogP contribution in [0.4, 0.5) is 0 Å². The number of aromatic nitrogens is 3. The molecule has 18 heavy (non-hydrogen) atoms. The van der Waals surface area contributed by atoms with Crippen LogP contribution in [-0.2, 0) is 6.42 Å². The van der Waals surface area contributed by atoms with Crippen LogP contribution >= 0.6 is 0 Å². The van der Waals surface area contributed by atoms with E-state index in [1.807, 2.05) is 19.1 Å². The lowest BCUT2D eigenvalue weighted by atomic mass is 10.1. The van der Waals surface area contributed by atoms with Crippen molar-refractivity contribution in [2.75, 3.05) is 0 Å². The molecule has 0 aromatic carbocycles. The van der Waals surface area contributed by atoms with Crippen LogP contribution in [0.5, 0.6) is 0 Å². The molecular weight excluding hydrogens is 230 g/mol. The second kappa shape index (κ2) is 5.35. The van der Waals surface area contributed by atoms with Gasteiger partial charge in [-0.1, -0.05) is 19.4 Å². The number of carboxylic acids is 1. The van der Waals surface area contributed by atoms with Gasteiger partial charge in [0.2, 0.25) is 0 Å². The minimum Gasteiger partial charge on any atom is -0.478 e. The smallest absolute Gasteiger partial charge is 0.339 e. The average Bonchev–Trinajstić information content (AvgIpc) is 2.40. The minimum atomic E-state index is -0.994. The van der Waals surface area contributed by atoms with E-state index in [0.717, 1.165) is 6.42 Å².